The zero-order valence-corrected chi connectivity index (χ0v) is 12.1. The SMILES string of the molecule is C/C(=N/OC(=O)C1CC1)c1cc(-c2ccc(Cl)cc2)no1. The lowest BCUT2D eigenvalue weighted by Crippen LogP contribution is -2.04. The predicted molar refractivity (Wildman–Crippen MR) is 78.0 cm³/mol. The van der Waals surface area contributed by atoms with E-state index in [1.54, 1.807) is 25.1 Å². The second-order valence-corrected chi connectivity index (χ2v) is 5.38. The molecule has 0 N–H and O–H groups in total. The summed E-state index contributed by atoms with van der Waals surface area (Å²) in [6.07, 6.45) is 1.77. The van der Waals surface area contributed by atoms with Crippen LogP contribution in [0.4, 0.5) is 0 Å². The van der Waals surface area contributed by atoms with Crippen molar-refractivity contribution in [2.45, 2.75) is 19.8 Å². The van der Waals surface area contributed by atoms with Gasteiger partial charge in [-0.2, -0.15) is 0 Å². The van der Waals surface area contributed by atoms with Gasteiger partial charge >= 0.3 is 5.97 Å². The van der Waals surface area contributed by atoms with E-state index < -0.39 is 0 Å². The second kappa shape index (κ2) is 5.69. The third-order valence-electron chi connectivity index (χ3n) is 3.19. The molecule has 0 radical (unpaired) electrons. The van der Waals surface area contributed by atoms with Crippen LogP contribution in [0.15, 0.2) is 40.0 Å². The molecule has 108 valence electrons. The average Bonchev–Trinajstić information content (AvgIpc) is 3.23. The molecule has 1 aromatic carbocycles. The summed E-state index contributed by atoms with van der Waals surface area (Å²) >= 11 is 5.84. The first-order valence-electron chi connectivity index (χ1n) is 6.62. The summed E-state index contributed by atoms with van der Waals surface area (Å²) in [4.78, 5) is 16.3. The maximum atomic E-state index is 11.4. The molecular formula is C15H13ClN2O3. The Morgan fingerprint density at radius 1 is 1.38 bits per heavy atom. The van der Waals surface area contributed by atoms with Crippen molar-refractivity contribution in [3.8, 4) is 11.3 Å². The zero-order chi connectivity index (χ0) is 14.8. The summed E-state index contributed by atoms with van der Waals surface area (Å²) in [5.74, 6) is 0.191. The van der Waals surface area contributed by atoms with Gasteiger partial charge in [0, 0.05) is 16.7 Å². The van der Waals surface area contributed by atoms with Crippen molar-refractivity contribution in [1.29, 1.82) is 0 Å². The molecule has 21 heavy (non-hydrogen) atoms. The largest absolute Gasteiger partial charge is 0.354 e. The summed E-state index contributed by atoms with van der Waals surface area (Å²) in [7, 11) is 0. The normalized spacial score (nSPS) is 15.0. The summed E-state index contributed by atoms with van der Waals surface area (Å²) in [5, 5.41) is 8.42. The second-order valence-electron chi connectivity index (χ2n) is 4.94. The first-order chi connectivity index (χ1) is 10.1. The van der Waals surface area contributed by atoms with Crippen molar-refractivity contribution in [1.82, 2.24) is 5.16 Å². The van der Waals surface area contributed by atoms with Crippen LogP contribution in [0.3, 0.4) is 0 Å². The predicted octanol–water partition coefficient (Wildman–Crippen LogP) is 3.67. The average molecular weight is 305 g/mol. The van der Waals surface area contributed by atoms with Crippen LogP contribution in [0, 0.1) is 5.92 Å². The summed E-state index contributed by atoms with van der Waals surface area (Å²) < 4.78 is 5.21. The van der Waals surface area contributed by atoms with E-state index in [0.717, 1.165) is 18.4 Å². The highest BCUT2D eigenvalue weighted by molar-refractivity contribution is 6.30. The van der Waals surface area contributed by atoms with Gasteiger partial charge in [-0.25, -0.2) is 4.79 Å². The van der Waals surface area contributed by atoms with Crippen molar-refractivity contribution >= 4 is 23.3 Å². The molecule has 1 aromatic heterocycles. The maximum absolute atomic E-state index is 11.4. The van der Waals surface area contributed by atoms with Gasteiger partial charge in [0.05, 0.1) is 5.92 Å². The number of hydrogen-bond donors (Lipinski definition) is 0. The highest BCUT2D eigenvalue weighted by Gasteiger charge is 2.31. The lowest BCUT2D eigenvalue weighted by Gasteiger charge is -1.96. The molecule has 0 spiro atoms. The monoisotopic (exact) mass is 304 g/mol. The Kier molecular flexibility index (Phi) is 3.75. The first-order valence-corrected chi connectivity index (χ1v) is 7.00. The van der Waals surface area contributed by atoms with E-state index in [1.165, 1.54) is 0 Å². The van der Waals surface area contributed by atoms with Crippen molar-refractivity contribution in [3.05, 3.63) is 41.1 Å². The maximum Gasteiger partial charge on any atom is 0.338 e. The molecule has 5 nitrogen and oxygen atoms in total. The number of nitrogens with zero attached hydrogens (tertiary/aromatic N) is 2. The van der Waals surface area contributed by atoms with Crippen LogP contribution in [-0.4, -0.2) is 16.8 Å². The van der Waals surface area contributed by atoms with E-state index in [4.69, 9.17) is 21.0 Å². The molecule has 0 amide bonds. The van der Waals surface area contributed by atoms with Crippen LogP contribution >= 0.6 is 11.6 Å². The van der Waals surface area contributed by atoms with Gasteiger partial charge in [0.1, 0.15) is 11.4 Å². The van der Waals surface area contributed by atoms with Gasteiger partial charge in [-0.15, -0.1) is 0 Å². The molecular weight excluding hydrogens is 292 g/mol. The van der Waals surface area contributed by atoms with Gasteiger partial charge in [0.25, 0.3) is 0 Å². The number of carbonyl (C=O) groups excluding carboxylic acids is 1. The van der Waals surface area contributed by atoms with Crippen molar-refractivity contribution in [2.75, 3.05) is 0 Å². The molecule has 1 aliphatic carbocycles. The van der Waals surface area contributed by atoms with E-state index >= 15 is 0 Å². The minimum atomic E-state index is -0.285. The Hall–Kier alpha value is -2.14. The standard InChI is InChI=1S/C15H13ClN2O3/c1-9(17-21-15(19)11-2-3-11)14-8-13(18-20-14)10-4-6-12(16)7-5-10/h4-8,11H,2-3H2,1H3/b17-9-. The Morgan fingerprint density at radius 3 is 2.76 bits per heavy atom. The lowest BCUT2D eigenvalue weighted by atomic mass is 10.1. The van der Waals surface area contributed by atoms with E-state index in [9.17, 15) is 4.79 Å². The van der Waals surface area contributed by atoms with Gasteiger partial charge in [0.2, 0.25) is 0 Å². The molecule has 0 saturated heterocycles. The van der Waals surface area contributed by atoms with Gasteiger partial charge in [-0.1, -0.05) is 34.0 Å². The zero-order valence-electron chi connectivity index (χ0n) is 11.4. The minimum Gasteiger partial charge on any atom is -0.354 e. The van der Waals surface area contributed by atoms with Crippen LogP contribution in [0.2, 0.25) is 5.02 Å². The molecule has 2 aromatic rings. The Labute approximate surface area is 126 Å². The number of carbonyl (C=O) groups is 1. The number of aromatic nitrogens is 1. The Bertz CT molecular complexity index is 687. The molecule has 0 aliphatic heterocycles. The van der Waals surface area contributed by atoms with Crippen LogP contribution in [0.5, 0.6) is 0 Å². The molecule has 0 unspecified atom stereocenters. The third-order valence-corrected chi connectivity index (χ3v) is 3.44. The van der Waals surface area contributed by atoms with Crippen LogP contribution < -0.4 is 0 Å². The summed E-state index contributed by atoms with van der Waals surface area (Å²) in [6, 6.07) is 9.01. The number of benzene rings is 1. The van der Waals surface area contributed by atoms with E-state index in [2.05, 4.69) is 10.3 Å². The molecule has 1 heterocycles. The van der Waals surface area contributed by atoms with Crippen molar-refractivity contribution in [3.63, 3.8) is 0 Å². The van der Waals surface area contributed by atoms with E-state index in [1.807, 2.05) is 12.1 Å². The van der Waals surface area contributed by atoms with Crippen molar-refractivity contribution in [2.24, 2.45) is 11.1 Å². The first kappa shape index (κ1) is 13.8. The Balaban J connectivity index is 1.72. The molecule has 1 aliphatic rings. The fourth-order valence-corrected chi connectivity index (χ4v) is 1.88. The minimum absolute atomic E-state index is 0.0147. The molecule has 1 saturated carbocycles. The molecule has 0 bridgehead atoms. The fraction of sp³-hybridized carbons (Fsp3) is 0.267. The summed E-state index contributed by atoms with van der Waals surface area (Å²) in [5.41, 5.74) is 2.03. The van der Waals surface area contributed by atoms with Gasteiger partial charge in [0.15, 0.2) is 5.76 Å². The highest BCUT2D eigenvalue weighted by atomic mass is 35.5. The fourth-order valence-electron chi connectivity index (χ4n) is 1.75. The van der Waals surface area contributed by atoms with Gasteiger partial charge in [-0.3, -0.25) is 0 Å². The molecule has 0 atom stereocenters. The van der Waals surface area contributed by atoms with E-state index in [0.29, 0.717) is 22.2 Å². The Morgan fingerprint density at radius 2 is 2.10 bits per heavy atom. The highest BCUT2D eigenvalue weighted by Crippen LogP contribution is 2.30. The lowest BCUT2D eigenvalue weighted by molar-refractivity contribution is -0.145. The number of halogens is 1. The third kappa shape index (κ3) is 3.31. The number of oxime groups is 1. The van der Waals surface area contributed by atoms with Gasteiger partial charge in [-0.05, 0) is 31.9 Å². The van der Waals surface area contributed by atoms with Crippen molar-refractivity contribution < 1.29 is 14.2 Å². The van der Waals surface area contributed by atoms with Crippen LogP contribution in [0.25, 0.3) is 11.3 Å². The van der Waals surface area contributed by atoms with E-state index in [-0.39, 0.29) is 11.9 Å². The topological polar surface area (TPSA) is 64.7 Å². The van der Waals surface area contributed by atoms with Gasteiger partial charge < -0.3 is 9.36 Å². The molecule has 1 fully saturated rings. The number of hydrogen-bond acceptors (Lipinski definition) is 5. The number of rotatable bonds is 4. The molecule has 6 heteroatoms. The summed E-state index contributed by atoms with van der Waals surface area (Å²) in [6.45, 7) is 1.70. The quantitative estimate of drug-likeness (QED) is 0.491. The molecule has 3 rings (SSSR count). The van der Waals surface area contributed by atoms with Crippen LogP contribution in [0.1, 0.15) is 25.5 Å². The smallest absolute Gasteiger partial charge is 0.338 e. The van der Waals surface area contributed by atoms with Crippen LogP contribution in [-0.2, 0) is 9.63 Å².